The summed E-state index contributed by atoms with van der Waals surface area (Å²) in [6, 6.07) is 9.83. The van der Waals surface area contributed by atoms with E-state index in [0.29, 0.717) is 57.5 Å². The van der Waals surface area contributed by atoms with Crippen LogP contribution in [0.5, 0.6) is 5.75 Å². The van der Waals surface area contributed by atoms with Crippen molar-refractivity contribution in [2.75, 3.05) is 45.9 Å². The Morgan fingerprint density at radius 1 is 0.938 bits per heavy atom. The fourth-order valence-corrected chi connectivity index (χ4v) is 6.77. The van der Waals surface area contributed by atoms with Crippen LogP contribution in [-0.2, 0) is 15.0 Å². The summed E-state index contributed by atoms with van der Waals surface area (Å²) < 4.78 is 35.0. The first-order chi connectivity index (χ1) is 15.4. The zero-order valence-corrected chi connectivity index (χ0v) is 20.0. The van der Waals surface area contributed by atoms with Crippen molar-refractivity contribution in [1.82, 2.24) is 13.5 Å². The average molecular weight is 464 g/mol. The van der Waals surface area contributed by atoms with Gasteiger partial charge in [-0.15, -0.1) is 0 Å². The summed E-state index contributed by atoms with van der Waals surface area (Å²) in [4.78, 5) is 15.0. The number of carbonyl (C=O) groups is 1. The minimum absolute atomic E-state index is 0.0536. The van der Waals surface area contributed by atoms with E-state index in [9.17, 15) is 13.2 Å². The third kappa shape index (κ3) is 5.64. The van der Waals surface area contributed by atoms with Gasteiger partial charge in [0.2, 0.25) is 5.91 Å². The molecule has 1 amide bonds. The van der Waals surface area contributed by atoms with E-state index in [4.69, 9.17) is 4.74 Å². The molecule has 0 radical (unpaired) electrons. The van der Waals surface area contributed by atoms with E-state index in [2.05, 4.69) is 6.92 Å². The fraction of sp³-hybridized carbons (Fsp3) is 0.708. The molecule has 3 saturated heterocycles. The van der Waals surface area contributed by atoms with Crippen LogP contribution in [0.15, 0.2) is 30.3 Å². The lowest BCUT2D eigenvalue weighted by Crippen LogP contribution is -2.50. The van der Waals surface area contributed by atoms with Crippen LogP contribution < -0.4 is 4.74 Å². The number of rotatable bonds is 7. The average Bonchev–Trinajstić information content (AvgIpc) is 3.28. The van der Waals surface area contributed by atoms with Gasteiger partial charge in [0.15, 0.2) is 0 Å². The lowest BCUT2D eigenvalue weighted by molar-refractivity contribution is -0.135. The molecule has 1 aromatic carbocycles. The molecule has 0 aromatic heterocycles. The molecule has 1 atom stereocenters. The Morgan fingerprint density at radius 2 is 1.56 bits per heavy atom. The second-order valence-electron chi connectivity index (χ2n) is 9.65. The smallest absolute Gasteiger partial charge is 0.281 e. The van der Waals surface area contributed by atoms with E-state index in [1.165, 1.54) is 0 Å². The molecule has 0 bridgehead atoms. The number of hydrogen-bond acceptors (Lipinski definition) is 4. The lowest BCUT2D eigenvalue weighted by atomic mass is 9.96. The summed E-state index contributed by atoms with van der Waals surface area (Å²) in [7, 11) is -3.39. The van der Waals surface area contributed by atoms with E-state index in [1.807, 2.05) is 35.2 Å². The SMILES string of the molecule is CC1CCN(S(=O)(=O)N2CCC(C(=O)N3CC[C@H](CCOc4ccccc4)C3)CC2)CC1. The molecule has 0 spiro atoms. The first-order valence-corrected chi connectivity index (χ1v) is 13.5. The number of benzene rings is 1. The normalized spacial score (nSPS) is 24.7. The van der Waals surface area contributed by atoms with Gasteiger partial charge in [0.1, 0.15) is 5.75 Å². The number of carbonyl (C=O) groups excluding carboxylic acids is 1. The minimum Gasteiger partial charge on any atom is -0.494 e. The van der Waals surface area contributed by atoms with Crippen LogP contribution in [0, 0.1) is 17.8 Å². The third-order valence-electron chi connectivity index (χ3n) is 7.33. The van der Waals surface area contributed by atoms with Crippen molar-refractivity contribution in [3.8, 4) is 5.75 Å². The lowest BCUT2D eigenvalue weighted by Gasteiger charge is -2.37. The van der Waals surface area contributed by atoms with Crippen molar-refractivity contribution in [1.29, 1.82) is 0 Å². The van der Waals surface area contributed by atoms with Crippen LogP contribution >= 0.6 is 0 Å². The molecular formula is C24H37N3O4S. The number of para-hydroxylation sites is 1. The molecule has 3 fully saturated rings. The fourth-order valence-electron chi connectivity index (χ4n) is 5.10. The number of amides is 1. The van der Waals surface area contributed by atoms with E-state index in [0.717, 1.165) is 44.5 Å². The maximum absolute atomic E-state index is 13.1. The van der Waals surface area contributed by atoms with Gasteiger partial charge in [-0.05, 0) is 62.5 Å². The number of likely N-dealkylation sites (tertiary alicyclic amines) is 1. The highest BCUT2D eigenvalue weighted by atomic mass is 32.2. The summed E-state index contributed by atoms with van der Waals surface area (Å²) in [5, 5.41) is 0. The van der Waals surface area contributed by atoms with Gasteiger partial charge in [-0.1, -0.05) is 25.1 Å². The molecule has 4 rings (SSSR count). The zero-order chi connectivity index (χ0) is 22.6. The van der Waals surface area contributed by atoms with Crippen molar-refractivity contribution in [2.24, 2.45) is 17.8 Å². The third-order valence-corrected chi connectivity index (χ3v) is 9.37. The Balaban J connectivity index is 1.20. The van der Waals surface area contributed by atoms with Crippen LogP contribution in [0.3, 0.4) is 0 Å². The molecule has 0 unspecified atom stereocenters. The topological polar surface area (TPSA) is 70.2 Å². The predicted octanol–water partition coefficient (Wildman–Crippen LogP) is 2.99. The van der Waals surface area contributed by atoms with E-state index >= 15 is 0 Å². The predicted molar refractivity (Wildman–Crippen MR) is 124 cm³/mol. The zero-order valence-electron chi connectivity index (χ0n) is 19.2. The summed E-state index contributed by atoms with van der Waals surface area (Å²) in [5.41, 5.74) is 0. The van der Waals surface area contributed by atoms with Gasteiger partial charge in [0, 0.05) is 45.2 Å². The van der Waals surface area contributed by atoms with Gasteiger partial charge in [-0.3, -0.25) is 4.79 Å². The number of nitrogens with zero attached hydrogens (tertiary/aromatic N) is 3. The van der Waals surface area contributed by atoms with Crippen LogP contribution in [0.25, 0.3) is 0 Å². The molecule has 32 heavy (non-hydrogen) atoms. The Bertz CT molecular complexity index is 847. The van der Waals surface area contributed by atoms with E-state index < -0.39 is 10.2 Å². The van der Waals surface area contributed by atoms with Crippen molar-refractivity contribution in [3.05, 3.63) is 30.3 Å². The molecule has 178 valence electrons. The van der Waals surface area contributed by atoms with Crippen LogP contribution in [-0.4, -0.2) is 73.7 Å². The highest BCUT2D eigenvalue weighted by Gasteiger charge is 2.38. The largest absolute Gasteiger partial charge is 0.494 e. The first-order valence-electron chi connectivity index (χ1n) is 12.2. The maximum atomic E-state index is 13.1. The van der Waals surface area contributed by atoms with Gasteiger partial charge < -0.3 is 9.64 Å². The molecule has 3 aliphatic heterocycles. The van der Waals surface area contributed by atoms with Gasteiger partial charge in [0.25, 0.3) is 10.2 Å². The summed E-state index contributed by atoms with van der Waals surface area (Å²) >= 11 is 0. The van der Waals surface area contributed by atoms with Gasteiger partial charge in [-0.25, -0.2) is 0 Å². The Hall–Kier alpha value is -1.64. The Kier molecular flexibility index (Phi) is 7.74. The molecule has 0 saturated carbocycles. The van der Waals surface area contributed by atoms with Crippen molar-refractivity contribution in [3.63, 3.8) is 0 Å². The van der Waals surface area contributed by atoms with Crippen molar-refractivity contribution >= 4 is 16.1 Å². The van der Waals surface area contributed by atoms with Gasteiger partial charge >= 0.3 is 0 Å². The van der Waals surface area contributed by atoms with Gasteiger partial charge in [-0.2, -0.15) is 17.0 Å². The van der Waals surface area contributed by atoms with Crippen LogP contribution in [0.1, 0.15) is 45.4 Å². The quantitative estimate of drug-likeness (QED) is 0.623. The highest BCUT2D eigenvalue weighted by molar-refractivity contribution is 7.86. The molecule has 7 nitrogen and oxygen atoms in total. The Morgan fingerprint density at radius 3 is 2.22 bits per heavy atom. The first kappa shape index (κ1) is 23.5. The number of hydrogen-bond donors (Lipinski definition) is 0. The van der Waals surface area contributed by atoms with E-state index in [1.54, 1.807) is 8.61 Å². The van der Waals surface area contributed by atoms with Crippen LogP contribution in [0.2, 0.25) is 0 Å². The summed E-state index contributed by atoms with van der Waals surface area (Å²) in [5.74, 6) is 2.12. The molecule has 0 aliphatic carbocycles. The molecule has 8 heteroatoms. The summed E-state index contributed by atoms with van der Waals surface area (Å²) in [6.45, 7) is 6.58. The molecule has 3 heterocycles. The Labute approximate surface area is 192 Å². The van der Waals surface area contributed by atoms with Gasteiger partial charge in [0.05, 0.1) is 6.61 Å². The second-order valence-corrected chi connectivity index (χ2v) is 11.6. The van der Waals surface area contributed by atoms with E-state index in [-0.39, 0.29) is 11.8 Å². The monoisotopic (exact) mass is 463 g/mol. The summed E-state index contributed by atoms with van der Waals surface area (Å²) in [6.07, 6.45) is 5.08. The minimum atomic E-state index is -3.39. The second kappa shape index (κ2) is 10.5. The standard InChI is InChI=1S/C24H37N3O4S/c1-20-7-14-26(15-8-20)32(29,30)27-16-10-22(11-17-27)24(28)25-13-9-21(19-25)12-18-31-23-5-3-2-4-6-23/h2-6,20-22H,7-19H2,1H3/t21-/m1/s1. The number of piperidine rings is 2. The van der Waals surface area contributed by atoms with Crippen molar-refractivity contribution in [2.45, 2.75) is 45.4 Å². The highest BCUT2D eigenvalue weighted by Crippen LogP contribution is 2.28. The molecule has 3 aliphatic rings. The molecule has 1 aromatic rings. The van der Waals surface area contributed by atoms with Crippen molar-refractivity contribution < 1.29 is 17.9 Å². The maximum Gasteiger partial charge on any atom is 0.281 e. The molecule has 0 N–H and O–H groups in total. The molecular weight excluding hydrogens is 426 g/mol. The number of ether oxygens (including phenoxy) is 1. The van der Waals surface area contributed by atoms with Crippen LogP contribution in [0.4, 0.5) is 0 Å².